The van der Waals surface area contributed by atoms with Crippen molar-refractivity contribution in [1.29, 1.82) is 0 Å². The number of hydrazine groups is 1. The molecule has 5 heteroatoms. The molecule has 0 saturated carbocycles. The molecule has 2 N–H and O–H groups in total. The Kier molecular flexibility index (Phi) is 4.01. The van der Waals surface area contributed by atoms with E-state index in [0.29, 0.717) is 11.6 Å². The zero-order chi connectivity index (χ0) is 11.4. The first kappa shape index (κ1) is 11.7. The molecule has 1 aliphatic heterocycles. The van der Waals surface area contributed by atoms with Crippen molar-refractivity contribution in [3.05, 3.63) is 28.8 Å². The molecule has 1 aromatic carbocycles. The number of morpholine rings is 1. The number of aromatic hydroxyl groups is 1. The van der Waals surface area contributed by atoms with Crippen molar-refractivity contribution in [2.24, 2.45) is 0 Å². The van der Waals surface area contributed by atoms with Crippen LogP contribution in [-0.2, 0) is 11.3 Å². The molecular formula is C11H15ClN2O2. The predicted octanol–water partition coefficient (Wildman–Crippen LogP) is 1.38. The highest BCUT2D eigenvalue weighted by Gasteiger charge is 2.11. The number of phenols is 1. The van der Waals surface area contributed by atoms with E-state index in [1.807, 2.05) is 0 Å². The van der Waals surface area contributed by atoms with Gasteiger partial charge in [0.25, 0.3) is 0 Å². The lowest BCUT2D eigenvalue weighted by molar-refractivity contribution is 0.0105. The van der Waals surface area contributed by atoms with Crippen LogP contribution in [0.15, 0.2) is 18.2 Å². The summed E-state index contributed by atoms with van der Waals surface area (Å²) < 4.78 is 5.24. The summed E-state index contributed by atoms with van der Waals surface area (Å²) in [5.74, 6) is 0.230. The molecule has 1 saturated heterocycles. The van der Waals surface area contributed by atoms with E-state index in [1.54, 1.807) is 18.2 Å². The Morgan fingerprint density at radius 2 is 2.12 bits per heavy atom. The quantitative estimate of drug-likeness (QED) is 0.841. The number of halogens is 1. The lowest BCUT2D eigenvalue weighted by Gasteiger charge is -2.27. The maximum absolute atomic E-state index is 9.65. The molecule has 0 radical (unpaired) electrons. The summed E-state index contributed by atoms with van der Waals surface area (Å²) in [6.07, 6.45) is 0. The van der Waals surface area contributed by atoms with Crippen LogP contribution < -0.4 is 5.43 Å². The SMILES string of the molecule is Oc1cccc(Cl)c1CNN1CCOCC1. The first-order chi connectivity index (χ1) is 7.77. The third kappa shape index (κ3) is 2.86. The second-order valence-corrected chi connectivity index (χ2v) is 4.08. The lowest BCUT2D eigenvalue weighted by Crippen LogP contribution is -2.45. The van der Waals surface area contributed by atoms with Gasteiger partial charge in [-0.2, -0.15) is 0 Å². The Labute approximate surface area is 99.7 Å². The molecule has 0 amide bonds. The highest BCUT2D eigenvalue weighted by Crippen LogP contribution is 2.24. The average molecular weight is 243 g/mol. The molecule has 0 unspecified atom stereocenters. The molecule has 1 aromatic rings. The van der Waals surface area contributed by atoms with Crippen LogP contribution in [0.5, 0.6) is 5.75 Å². The van der Waals surface area contributed by atoms with E-state index in [4.69, 9.17) is 16.3 Å². The summed E-state index contributed by atoms with van der Waals surface area (Å²) in [6.45, 7) is 3.71. The molecule has 0 spiro atoms. The molecule has 1 heterocycles. The maximum Gasteiger partial charge on any atom is 0.121 e. The summed E-state index contributed by atoms with van der Waals surface area (Å²) in [4.78, 5) is 0. The van der Waals surface area contributed by atoms with Crippen molar-refractivity contribution in [1.82, 2.24) is 10.4 Å². The second-order valence-electron chi connectivity index (χ2n) is 3.67. The molecule has 0 aromatic heterocycles. The normalized spacial score (nSPS) is 17.6. The van der Waals surface area contributed by atoms with Crippen molar-refractivity contribution < 1.29 is 9.84 Å². The molecule has 0 bridgehead atoms. The topological polar surface area (TPSA) is 44.7 Å². The van der Waals surface area contributed by atoms with Gasteiger partial charge >= 0.3 is 0 Å². The summed E-state index contributed by atoms with van der Waals surface area (Å²) in [5.41, 5.74) is 3.96. The van der Waals surface area contributed by atoms with Crippen molar-refractivity contribution >= 4 is 11.6 Å². The van der Waals surface area contributed by atoms with Crippen LogP contribution >= 0.6 is 11.6 Å². The minimum atomic E-state index is 0.230. The maximum atomic E-state index is 9.65. The standard InChI is InChI=1S/C11H15ClN2O2/c12-10-2-1-3-11(15)9(10)8-13-14-4-6-16-7-5-14/h1-3,13,15H,4-8H2. The first-order valence-corrected chi connectivity index (χ1v) is 5.68. The molecular weight excluding hydrogens is 228 g/mol. The minimum absolute atomic E-state index is 0.230. The Hall–Kier alpha value is -0.810. The van der Waals surface area contributed by atoms with Crippen molar-refractivity contribution in [2.75, 3.05) is 26.3 Å². The fourth-order valence-electron chi connectivity index (χ4n) is 1.63. The highest BCUT2D eigenvalue weighted by atomic mass is 35.5. The van der Waals surface area contributed by atoms with Gasteiger partial charge in [-0.25, -0.2) is 5.01 Å². The largest absolute Gasteiger partial charge is 0.508 e. The van der Waals surface area contributed by atoms with Gasteiger partial charge in [-0.3, -0.25) is 5.43 Å². The van der Waals surface area contributed by atoms with Gasteiger partial charge in [-0.1, -0.05) is 17.7 Å². The van der Waals surface area contributed by atoms with Gasteiger partial charge < -0.3 is 9.84 Å². The molecule has 2 rings (SSSR count). The zero-order valence-electron chi connectivity index (χ0n) is 8.95. The molecule has 16 heavy (non-hydrogen) atoms. The smallest absolute Gasteiger partial charge is 0.121 e. The molecule has 0 atom stereocenters. The van der Waals surface area contributed by atoms with Gasteiger partial charge in [-0.05, 0) is 12.1 Å². The Bertz CT molecular complexity index is 334. The lowest BCUT2D eigenvalue weighted by atomic mass is 10.2. The van der Waals surface area contributed by atoms with Gasteiger partial charge in [0.15, 0.2) is 0 Å². The van der Waals surface area contributed by atoms with Gasteiger partial charge in [0.05, 0.1) is 13.2 Å². The fourth-order valence-corrected chi connectivity index (χ4v) is 1.87. The zero-order valence-corrected chi connectivity index (χ0v) is 9.70. The van der Waals surface area contributed by atoms with E-state index in [2.05, 4.69) is 10.4 Å². The van der Waals surface area contributed by atoms with Crippen LogP contribution in [0.1, 0.15) is 5.56 Å². The molecule has 88 valence electrons. The average Bonchev–Trinajstić information content (AvgIpc) is 2.30. The van der Waals surface area contributed by atoms with E-state index in [1.165, 1.54) is 0 Å². The number of phenolic OH excluding ortho intramolecular Hbond substituents is 1. The number of hydrogen-bond acceptors (Lipinski definition) is 4. The van der Waals surface area contributed by atoms with Crippen LogP contribution in [0.2, 0.25) is 5.02 Å². The van der Waals surface area contributed by atoms with Crippen molar-refractivity contribution in [3.63, 3.8) is 0 Å². The van der Waals surface area contributed by atoms with Crippen molar-refractivity contribution in [2.45, 2.75) is 6.54 Å². The predicted molar refractivity (Wildman–Crippen MR) is 62.3 cm³/mol. The first-order valence-electron chi connectivity index (χ1n) is 5.30. The summed E-state index contributed by atoms with van der Waals surface area (Å²) in [7, 11) is 0. The molecule has 1 fully saturated rings. The van der Waals surface area contributed by atoms with Gasteiger partial charge in [-0.15, -0.1) is 0 Å². The number of rotatable bonds is 3. The Balaban J connectivity index is 1.93. The number of nitrogens with zero attached hydrogens (tertiary/aromatic N) is 1. The molecule has 4 nitrogen and oxygen atoms in total. The van der Waals surface area contributed by atoms with Gasteiger partial charge in [0.1, 0.15) is 5.75 Å². The van der Waals surface area contributed by atoms with E-state index in [0.717, 1.165) is 31.9 Å². The number of benzene rings is 1. The van der Waals surface area contributed by atoms with Crippen LogP contribution in [0.3, 0.4) is 0 Å². The van der Waals surface area contributed by atoms with E-state index in [-0.39, 0.29) is 5.75 Å². The Morgan fingerprint density at radius 1 is 1.38 bits per heavy atom. The fraction of sp³-hybridized carbons (Fsp3) is 0.455. The number of hydrogen-bond donors (Lipinski definition) is 2. The summed E-state index contributed by atoms with van der Waals surface area (Å²) in [6, 6.07) is 5.15. The van der Waals surface area contributed by atoms with E-state index >= 15 is 0 Å². The minimum Gasteiger partial charge on any atom is -0.508 e. The van der Waals surface area contributed by atoms with E-state index < -0.39 is 0 Å². The van der Waals surface area contributed by atoms with Crippen LogP contribution in [-0.4, -0.2) is 36.4 Å². The van der Waals surface area contributed by atoms with E-state index in [9.17, 15) is 5.11 Å². The Morgan fingerprint density at radius 3 is 2.81 bits per heavy atom. The number of nitrogens with one attached hydrogen (secondary N) is 1. The molecule has 0 aliphatic carbocycles. The molecule has 1 aliphatic rings. The van der Waals surface area contributed by atoms with Crippen molar-refractivity contribution in [3.8, 4) is 5.75 Å². The highest BCUT2D eigenvalue weighted by molar-refractivity contribution is 6.31. The monoisotopic (exact) mass is 242 g/mol. The van der Waals surface area contributed by atoms with Crippen LogP contribution in [0.25, 0.3) is 0 Å². The van der Waals surface area contributed by atoms with Gasteiger partial charge in [0.2, 0.25) is 0 Å². The summed E-state index contributed by atoms with van der Waals surface area (Å²) >= 11 is 6.00. The second kappa shape index (κ2) is 5.50. The number of ether oxygens (including phenoxy) is 1. The third-order valence-corrected chi connectivity index (χ3v) is 2.94. The van der Waals surface area contributed by atoms with Crippen LogP contribution in [0, 0.1) is 0 Å². The van der Waals surface area contributed by atoms with Crippen LogP contribution in [0.4, 0.5) is 0 Å². The van der Waals surface area contributed by atoms with Gasteiger partial charge in [0, 0.05) is 30.2 Å². The summed E-state index contributed by atoms with van der Waals surface area (Å²) in [5, 5.41) is 12.3. The third-order valence-electron chi connectivity index (χ3n) is 2.58.